The monoisotopic (exact) mass is 411 g/mol. The number of hydrogen-bond acceptors (Lipinski definition) is 9. The first-order chi connectivity index (χ1) is 14.1. The van der Waals surface area contributed by atoms with E-state index >= 15 is 0 Å². The van der Waals surface area contributed by atoms with E-state index in [0.29, 0.717) is 27.2 Å². The highest BCUT2D eigenvalue weighted by Gasteiger charge is 2.38. The van der Waals surface area contributed by atoms with Crippen molar-refractivity contribution < 1.29 is 19.2 Å². The fourth-order valence-corrected chi connectivity index (χ4v) is 3.80. The van der Waals surface area contributed by atoms with Crippen molar-refractivity contribution in [2.75, 3.05) is 13.0 Å². The van der Waals surface area contributed by atoms with Crippen LogP contribution in [0, 0.1) is 10.1 Å². The van der Waals surface area contributed by atoms with Crippen LogP contribution in [-0.4, -0.2) is 34.1 Å². The Kier molecular flexibility index (Phi) is 3.91. The van der Waals surface area contributed by atoms with Crippen LogP contribution in [0.4, 0.5) is 5.69 Å². The van der Waals surface area contributed by atoms with Crippen LogP contribution >= 0.6 is 11.8 Å². The molecule has 3 heterocycles. The average Bonchev–Trinajstić information content (AvgIpc) is 3.19. The Bertz CT molecular complexity index is 1230. The van der Waals surface area contributed by atoms with Gasteiger partial charge in [0.05, 0.1) is 21.9 Å². The molecule has 0 aromatic heterocycles. The van der Waals surface area contributed by atoms with Crippen molar-refractivity contribution in [1.29, 1.82) is 0 Å². The molecule has 1 N–H and O–H groups in total. The fraction of sp³-hybridized carbons (Fsp3) is 0.167. The van der Waals surface area contributed by atoms with Gasteiger partial charge in [0.2, 0.25) is 6.79 Å². The fourth-order valence-electron chi connectivity index (χ4n) is 3.43. The number of benzene rings is 2. The molecule has 0 radical (unpaired) electrons. The average molecular weight is 411 g/mol. The lowest BCUT2D eigenvalue weighted by Crippen LogP contribution is -2.50. The maximum atomic E-state index is 12.8. The van der Waals surface area contributed by atoms with Crippen LogP contribution in [0.3, 0.4) is 0 Å². The van der Waals surface area contributed by atoms with Crippen LogP contribution in [0.15, 0.2) is 46.5 Å². The van der Waals surface area contributed by atoms with E-state index in [1.165, 1.54) is 28.9 Å². The van der Waals surface area contributed by atoms with Crippen LogP contribution in [0.1, 0.15) is 11.7 Å². The zero-order valence-electron chi connectivity index (χ0n) is 15.0. The minimum atomic E-state index is -0.914. The number of rotatable bonds is 2. The zero-order chi connectivity index (χ0) is 20.1. The van der Waals surface area contributed by atoms with E-state index in [1.807, 2.05) is 0 Å². The van der Waals surface area contributed by atoms with Crippen molar-refractivity contribution in [2.24, 2.45) is 10.1 Å². The standard InChI is InChI=1S/C18H13N5O5S/c1-29-18-20-17(24)15-9-4-2-3-5-11(9)19-16(22(15)21-18)10-6-13-14(28-8-27-13)7-12(10)23(25)26/h2-7,16H,8H2,1H3,(H,20,21,24)/t16-/m0/s1. The van der Waals surface area contributed by atoms with Gasteiger partial charge in [-0.1, -0.05) is 30.0 Å². The molecule has 3 aliphatic heterocycles. The van der Waals surface area contributed by atoms with E-state index in [0.717, 1.165) is 0 Å². The Balaban J connectivity index is 1.79. The third kappa shape index (κ3) is 2.70. The second kappa shape index (κ2) is 6.48. The molecule has 0 saturated carbocycles. The molecule has 1 atom stereocenters. The van der Waals surface area contributed by atoms with Crippen LogP contribution in [0.25, 0.3) is 5.70 Å². The topological polar surface area (TPSA) is 119 Å². The van der Waals surface area contributed by atoms with E-state index in [4.69, 9.17) is 9.47 Å². The minimum Gasteiger partial charge on any atom is -0.454 e. The van der Waals surface area contributed by atoms with Gasteiger partial charge in [0.15, 0.2) is 22.8 Å². The molecule has 0 saturated heterocycles. The highest BCUT2D eigenvalue weighted by Crippen LogP contribution is 2.43. The third-order valence-corrected chi connectivity index (χ3v) is 5.28. The second-order valence-corrected chi connectivity index (χ2v) is 7.09. The molecule has 1 amide bonds. The number of nitro groups is 1. The molecule has 0 fully saturated rings. The maximum absolute atomic E-state index is 12.8. The molecular weight excluding hydrogens is 398 g/mol. The van der Waals surface area contributed by atoms with Crippen LogP contribution < -0.4 is 25.4 Å². The van der Waals surface area contributed by atoms with Crippen molar-refractivity contribution in [3.8, 4) is 11.5 Å². The number of fused-ring (bicyclic) bond motifs is 3. The van der Waals surface area contributed by atoms with Gasteiger partial charge in [-0.2, -0.15) is 0 Å². The highest BCUT2D eigenvalue weighted by molar-refractivity contribution is 8.13. The summed E-state index contributed by atoms with van der Waals surface area (Å²) in [5, 5.41) is 21.9. The van der Waals surface area contributed by atoms with E-state index in [1.54, 1.807) is 30.5 Å². The third-order valence-electron chi connectivity index (χ3n) is 4.71. The number of carbonyl (C=O) groups is 1. The zero-order valence-corrected chi connectivity index (χ0v) is 15.8. The van der Waals surface area contributed by atoms with Gasteiger partial charge in [0.25, 0.3) is 11.6 Å². The number of nitrogens with one attached hydrogen (secondary N) is 1. The Morgan fingerprint density at radius 2 is 2.03 bits per heavy atom. The summed E-state index contributed by atoms with van der Waals surface area (Å²) in [7, 11) is 0. The first-order valence-electron chi connectivity index (χ1n) is 8.55. The number of nitrogens with zero attached hydrogens (tertiary/aromatic N) is 4. The van der Waals surface area contributed by atoms with Gasteiger partial charge in [0.1, 0.15) is 5.70 Å². The molecular formula is C18H13N5O5S. The molecule has 11 heteroatoms. The number of carbonyl (C=O) groups excluding carboxylic acids is 1. The molecule has 10 nitrogen and oxygen atoms in total. The number of para-hydroxylation sites is 1. The molecule has 0 unspecified atom stereocenters. The van der Waals surface area contributed by atoms with Crippen molar-refractivity contribution in [3.63, 3.8) is 0 Å². The van der Waals surface area contributed by atoms with Crippen molar-refractivity contribution in [1.82, 2.24) is 10.3 Å². The maximum Gasteiger partial charge on any atom is 0.280 e. The van der Waals surface area contributed by atoms with Gasteiger partial charge in [0, 0.05) is 5.22 Å². The number of thioether (sulfide) groups is 1. The lowest BCUT2D eigenvalue weighted by Gasteiger charge is -2.33. The number of nitro benzene ring substituents is 1. The summed E-state index contributed by atoms with van der Waals surface area (Å²) in [4.78, 5) is 28.8. The first kappa shape index (κ1) is 17.5. The summed E-state index contributed by atoms with van der Waals surface area (Å²) in [5.74, 6) is 0.336. The number of hydrogen-bond donors (Lipinski definition) is 1. The van der Waals surface area contributed by atoms with Gasteiger partial charge in [-0.05, 0) is 18.4 Å². The molecule has 2 aromatic carbocycles. The molecule has 3 aliphatic rings. The Labute approximate surface area is 167 Å². The largest absolute Gasteiger partial charge is 0.454 e. The van der Waals surface area contributed by atoms with E-state index < -0.39 is 11.1 Å². The predicted molar refractivity (Wildman–Crippen MR) is 104 cm³/mol. The molecule has 29 heavy (non-hydrogen) atoms. The second-order valence-electron chi connectivity index (χ2n) is 6.30. The van der Waals surface area contributed by atoms with Crippen molar-refractivity contribution in [2.45, 2.75) is 6.17 Å². The van der Waals surface area contributed by atoms with Crippen molar-refractivity contribution in [3.05, 3.63) is 62.7 Å². The minimum absolute atomic E-state index is 0.0150. The summed E-state index contributed by atoms with van der Waals surface area (Å²) in [6, 6.07) is 9.96. The van der Waals surface area contributed by atoms with Crippen LogP contribution in [0.5, 0.6) is 11.5 Å². The number of amidine groups is 1. The normalized spacial score (nSPS) is 19.0. The molecule has 0 bridgehead atoms. The number of hydrazone groups is 1. The quantitative estimate of drug-likeness (QED) is 0.574. The Morgan fingerprint density at radius 3 is 2.79 bits per heavy atom. The molecule has 0 aliphatic carbocycles. The van der Waals surface area contributed by atoms with Crippen molar-refractivity contribution >= 4 is 34.2 Å². The predicted octanol–water partition coefficient (Wildman–Crippen LogP) is 0.829. The van der Waals surface area contributed by atoms with Crippen LogP contribution in [0.2, 0.25) is 0 Å². The van der Waals surface area contributed by atoms with E-state index in [2.05, 4.69) is 15.4 Å². The number of amides is 1. The summed E-state index contributed by atoms with van der Waals surface area (Å²) < 4.78 is 10.7. The molecule has 5 rings (SSSR count). The summed E-state index contributed by atoms with van der Waals surface area (Å²) in [6.45, 7) is -0.0150. The smallest absolute Gasteiger partial charge is 0.280 e. The number of ether oxygens (including phenoxy) is 2. The summed E-state index contributed by atoms with van der Waals surface area (Å²) >= 11 is 1.26. The molecule has 0 spiro atoms. The van der Waals surface area contributed by atoms with Gasteiger partial charge >= 0.3 is 0 Å². The van der Waals surface area contributed by atoms with E-state index in [-0.39, 0.29) is 29.6 Å². The molecule has 146 valence electrons. The lowest BCUT2D eigenvalue weighted by molar-refractivity contribution is -0.386. The van der Waals surface area contributed by atoms with Gasteiger partial charge in [-0.25, -0.2) is 5.01 Å². The Morgan fingerprint density at radius 1 is 1.28 bits per heavy atom. The SMILES string of the molecule is CSC1=NN2C(=c3ccccc3=N[C@@H]2c2cc3c(cc2[N+](=O)[O-])OCO3)C(=O)N1. The summed E-state index contributed by atoms with van der Waals surface area (Å²) in [5.41, 5.74) is 0.351. The van der Waals surface area contributed by atoms with Gasteiger partial charge in [-0.3, -0.25) is 25.2 Å². The first-order valence-corrected chi connectivity index (χ1v) is 9.77. The summed E-state index contributed by atoms with van der Waals surface area (Å²) in [6.07, 6.45) is 0.861. The highest BCUT2D eigenvalue weighted by atomic mass is 32.2. The van der Waals surface area contributed by atoms with Gasteiger partial charge in [-0.15, -0.1) is 5.10 Å². The Hall–Kier alpha value is -3.60. The molecule has 2 aromatic rings. The van der Waals surface area contributed by atoms with E-state index in [9.17, 15) is 14.9 Å². The lowest BCUT2D eigenvalue weighted by atomic mass is 10.1. The van der Waals surface area contributed by atoms with Crippen LogP contribution in [-0.2, 0) is 4.79 Å². The van der Waals surface area contributed by atoms with Gasteiger partial charge < -0.3 is 9.47 Å².